The van der Waals surface area contributed by atoms with Gasteiger partial charge >= 0.3 is 5.97 Å². The van der Waals surface area contributed by atoms with Gasteiger partial charge in [0, 0.05) is 4.47 Å². The van der Waals surface area contributed by atoms with E-state index in [1.165, 1.54) is 7.11 Å². The van der Waals surface area contributed by atoms with Crippen LogP contribution in [-0.2, 0) is 9.53 Å². The monoisotopic (exact) mass is 405 g/mol. The Balaban J connectivity index is 1.93. The summed E-state index contributed by atoms with van der Waals surface area (Å²) in [6, 6.07) is 14.3. The quantitative estimate of drug-likeness (QED) is 0.709. The molecule has 0 radical (unpaired) electrons. The molecule has 0 fully saturated rings. The van der Waals surface area contributed by atoms with E-state index >= 15 is 0 Å². The summed E-state index contributed by atoms with van der Waals surface area (Å²) in [5.74, 6) is -0.531. The first kappa shape index (κ1) is 19.0. The van der Waals surface area contributed by atoms with Crippen LogP contribution in [-0.4, -0.2) is 25.6 Å². The van der Waals surface area contributed by atoms with E-state index < -0.39 is 5.97 Å². The minimum Gasteiger partial charge on any atom is -0.496 e. The number of carbonyl (C=O) groups excluding carboxylic acids is 2. The lowest BCUT2D eigenvalue weighted by Crippen LogP contribution is -2.32. The SMILES string of the molecule is CC[C@H](NC(=O)COC(=O)c1ccccc1OC)c1ccc(Br)cc1. The summed E-state index contributed by atoms with van der Waals surface area (Å²) in [4.78, 5) is 24.2. The zero-order valence-electron chi connectivity index (χ0n) is 14.1. The van der Waals surface area contributed by atoms with Gasteiger partial charge in [-0.2, -0.15) is 0 Å². The van der Waals surface area contributed by atoms with Crippen molar-refractivity contribution in [3.8, 4) is 5.75 Å². The van der Waals surface area contributed by atoms with Crippen molar-refractivity contribution in [2.45, 2.75) is 19.4 Å². The number of hydrogen-bond acceptors (Lipinski definition) is 4. The normalized spacial score (nSPS) is 11.5. The number of carbonyl (C=O) groups is 2. The summed E-state index contributed by atoms with van der Waals surface area (Å²) < 4.78 is 11.2. The summed E-state index contributed by atoms with van der Waals surface area (Å²) >= 11 is 3.39. The Morgan fingerprint density at radius 3 is 2.44 bits per heavy atom. The van der Waals surface area contributed by atoms with Crippen LogP contribution in [0.2, 0.25) is 0 Å². The number of rotatable bonds is 7. The average molecular weight is 406 g/mol. The molecule has 0 aromatic heterocycles. The van der Waals surface area contributed by atoms with Crippen molar-refractivity contribution in [2.75, 3.05) is 13.7 Å². The fraction of sp³-hybridized carbons (Fsp3) is 0.263. The number of methoxy groups -OCH3 is 1. The average Bonchev–Trinajstić information content (AvgIpc) is 2.64. The molecule has 0 unspecified atom stereocenters. The number of esters is 1. The molecule has 0 saturated carbocycles. The largest absolute Gasteiger partial charge is 0.496 e. The van der Waals surface area contributed by atoms with Gasteiger partial charge in [0.1, 0.15) is 11.3 Å². The third-order valence-electron chi connectivity index (χ3n) is 3.68. The van der Waals surface area contributed by atoms with Gasteiger partial charge in [-0.15, -0.1) is 0 Å². The molecule has 2 aromatic rings. The first-order chi connectivity index (χ1) is 12.0. The summed E-state index contributed by atoms with van der Waals surface area (Å²) in [5.41, 5.74) is 1.29. The van der Waals surface area contributed by atoms with Gasteiger partial charge < -0.3 is 14.8 Å². The molecule has 0 aliphatic carbocycles. The lowest BCUT2D eigenvalue weighted by molar-refractivity contribution is -0.125. The molecule has 2 aromatic carbocycles. The molecule has 1 atom stereocenters. The third-order valence-corrected chi connectivity index (χ3v) is 4.21. The lowest BCUT2D eigenvalue weighted by atomic mass is 10.0. The van der Waals surface area contributed by atoms with E-state index in [0.29, 0.717) is 5.75 Å². The van der Waals surface area contributed by atoms with Gasteiger partial charge in [-0.25, -0.2) is 4.79 Å². The van der Waals surface area contributed by atoms with Crippen LogP contribution in [0.1, 0.15) is 35.3 Å². The van der Waals surface area contributed by atoms with Crippen LogP contribution in [0, 0.1) is 0 Å². The number of benzene rings is 2. The lowest BCUT2D eigenvalue weighted by Gasteiger charge is -2.17. The highest BCUT2D eigenvalue weighted by molar-refractivity contribution is 9.10. The molecule has 0 saturated heterocycles. The van der Waals surface area contributed by atoms with E-state index in [-0.39, 0.29) is 24.1 Å². The number of ether oxygens (including phenoxy) is 2. The Bertz CT molecular complexity index is 730. The molecule has 2 rings (SSSR count). The van der Waals surface area contributed by atoms with Crippen LogP contribution < -0.4 is 10.1 Å². The zero-order valence-corrected chi connectivity index (χ0v) is 15.7. The molecular weight excluding hydrogens is 386 g/mol. The first-order valence-corrected chi connectivity index (χ1v) is 8.69. The maximum Gasteiger partial charge on any atom is 0.342 e. The highest BCUT2D eigenvalue weighted by Crippen LogP contribution is 2.20. The van der Waals surface area contributed by atoms with Gasteiger partial charge in [-0.1, -0.05) is 47.1 Å². The fourth-order valence-electron chi connectivity index (χ4n) is 2.37. The Kier molecular flexibility index (Phi) is 7.01. The number of nitrogens with one attached hydrogen (secondary N) is 1. The number of amides is 1. The molecular formula is C19H20BrNO4. The van der Waals surface area contributed by atoms with E-state index in [4.69, 9.17) is 9.47 Å². The Morgan fingerprint density at radius 1 is 1.12 bits per heavy atom. The van der Waals surface area contributed by atoms with Crippen molar-refractivity contribution in [2.24, 2.45) is 0 Å². The van der Waals surface area contributed by atoms with E-state index in [0.717, 1.165) is 16.5 Å². The third kappa shape index (κ3) is 5.32. The van der Waals surface area contributed by atoms with Crippen LogP contribution in [0.3, 0.4) is 0 Å². The minimum atomic E-state index is -0.593. The molecule has 0 aliphatic rings. The molecule has 1 N–H and O–H groups in total. The number of para-hydroxylation sites is 1. The predicted octanol–water partition coefficient (Wildman–Crippen LogP) is 3.88. The van der Waals surface area contributed by atoms with Gasteiger partial charge in [-0.05, 0) is 36.2 Å². The topological polar surface area (TPSA) is 64.6 Å². The van der Waals surface area contributed by atoms with Crippen molar-refractivity contribution in [1.82, 2.24) is 5.32 Å². The molecule has 0 heterocycles. The van der Waals surface area contributed by atoms with Crippen LogP contribution in [0.4, 0.5) is 0 Å². The predicted molar refractivity (Wildman–Crippen MR) is 98.6 cm³/mol. The molecule has 0 spiro atoms. The summed E-state index contributed by atoms with van der Waals surface area (Å²) in [6.07, 6.45) is 0.730. The van der Waals surface area contributed by atoms with Crippen molar-refractivity contribution in [3.05, 3.63) is 64.1 Å². The van der Waals surface area contributed by atoms with E-state index in [9.17, 15) is 9.59 Å². The van der Waals surface area contributed by atoms with E-state index in [2.05, 4.69) is 21.2 Å². The van der Waals surface area contributed by atoms with Crippen LogP contribution in [0.15, 0.2) is 53.0 Å². The second kappa shape index (κ2) is 9.22. The van der Waals surface area contributed by atoms with Gasteiger partial charge in [0.05, 0.1) is 13.2 Å². The van der Waals surface area contributed by atoms with Crippen LogP contribution >= 0.6 is 15.9 Å². The Morgan fingerprint density at radius 2 is 1.80 bits per heavy atom. The summed E-state index contributed by atoms with van der Waals surface area (Å²) in [6.45, 7) is 1.64. The van der Waals surface area contributed by atoms with Gasteiger partial charge in [-0.3, -0.25) is 4.79 Å². The van der Waals surface area contributed by atoms with Crippen LogP contribution in [0.5, 0.6) is 5.75 Å². The van der Waals surface area contributed by atoms with E-state index in [1.54, 1.807) is 24.3 Å². The van der Waals surface area contributed by atoms with Crippen molar-refractivity contribution < 1.29 is 19.1 Å². The first-order valence-electron chi connectivity index (χ1n) is 7.90. The van der Waals surface area contributed by atoms with E-state index in [1.807, 2.05) is 31.2 Å². The van der Waals surface area contributed by atoms with Crippen molar-refractivity contribution in [1.29, 1.82) is 0 Å². The zero-order chi connectivity index (χ0) is 18.2. The maximum absolute atomic E-state index is 12.1. The van der Waals surface area contributed by atoms with Crippen molar-refractivity contribution >= 4 is 27.8 Å². The molecule has 1 amide bonds. The molecule has 5 nitrogen and oxygen atoms in total. The smallest absolute Gasteiger partial charge is 0.342 e. The summed E-state index contributed by atoms with van der Waals surface area (Å²) in [5, 5.41) is 2.88. The molecule has 25 heavy (non-hydrogen) atoms. The second-order valence-electron chi connectivity index (χ2n) is 5.36. The summed E-state index contributed by atoms with van der Waals surface area (Å²) in [7, 11) is 1.48. The van der Waals surface area contributed by atoms with Gasteiger partial charge in [0.2, 0.25) is 0 Å². The minimum absolute atomic E-state index is 0.134. The van der Waals surface area contributed by atoms with Gasteiger partial charge in [0.25, 0.3) is 5.91 Å². The van der Waals surface area contributed by atoms with Gasteiger partial charge in [0.15, 0.2) is 6.61 Å². The molecule has 132 valence electrons. The second-order valence-corrected chi connectivity index (χ2v) is 6.27. The maximum atomic E-state index is 12.1. The number of hydrogen-bond donors (Lipinski definition) is 1. The molecule has 0 aliphatic heterocycles. The van der Waals surface area contributed by atoms with Crippen molar-refractivity contribution in [3.63, 3.8) is 0 Å². The fourth-order valence-corrected chi connectivity index (χ4v) is 2.64. The highest BCUT2D eigenvalue weighted by atomic mass is 79.9. The van der Waals surface area contributed by atoms with Crippen LogP contribution in [0.25, 0.3) is 0 Å². The Hall–Kier alpha value is -2.34. The number of halogens is 1. The standard InChI is InChI=1S/C19H20BrNO4/c1-3-16(13-8-10-14(20)11-9-13)21-18(22)12-25-19(23)15-6-4-5-7-17(15)24-2/h4-11,16H,3,12H2,1-2H3,(H,21,22)/t16-/m0/s1. The molecule has 6 heteroatoms. The molecule has 0 bridgehead atoms. The Labute approximate surface area is 155 Å². The highest BCUT2D eigenvalue weighted by Gasteiger charge is 2.17.